The van der Waals surface area contributed by atoms with Gasteiger partial charge in [-0.15, -0.1) is 22.7 Å². The van der Waals surface area contributed by atoms with Crippen molar-refractivity contribution in [1.29, 1.82) is 0 Å². The number of thiazole rings is 1. The van der Waals surface area contributed by atoms with Crippen molar-refractivity contribution in [2.75, 3.05) is 19.5 Å². The molecule has 0 amide bonds. The van der Waals surface area contributed by atoms with E-state index in [1.165, 1.54) is 28.7 Å². The van der Waals surface area contributed by atoms with Gasteiger partial charge in [0.25, 0.3) is 0 Å². The van der Waals surface area contributed by atoms with Gasteiger partial charge in [-0.05, 0) is 55.7 Å². The molecule has 4 nitrogen and oxygen atoms in total. The van der Waals surface area contributed by atoms with E-state index in [1.807, 2.05) is 13.8 Å². The fraction of sp³-hybridized carbons (Fsp3) is 0.455. The Hall–Kier alpha value is -1.62. The van der Waals surface area contributed by atoms with E-state index in [2.05, 4.69) is 4.98 Å². The molecule has 32 heavy (non-hydrogen) atoms. The molecule has 0 aliphatic rings. The van der Waals surface area contributed by atoms with Crippen LogP contribution >= 0.6 is 34.4 Å². The van der Waals surface area contributed by atoms with E-state index in [0.717, 1.165) is 55.4 Å². The van der Waals surface area contributed by atoms with Gasteiger partial charge in [-0.1, -0.05) is 17.8 Å². The third-order valence-electron chi connectivity index (χ3n) is 5.22. The zero-order valence-corrected chi connectivity index (χ0v) is 20.4. The average molecular weight is 504 g/mol. The largest absolute Gasteiger partial charge is 0.481 e. The van der Waals surface area contributed by atoms with E-state index in [1.54, 1.807) is 24.9 Å². The summed E-state index contributed by atoms with van der Waals surface area (Å²) in [6.45, 7) is 4.35. The summed E-state index contributed by atoms with van der Waals surface area (Å²) in [5.41, 5.74) is 1.15. The highest BCUT2D eigenvalue weighted by Gasteiger charge is 2.31. The van der Waals surface area contributed by atoms with Crippen LogP contribution in [0.3, 0.4) is 0 Å². The molecule has 0 saturated heterocycles. The number of ether oxygens (including phenoxy) is 1. The molecular weight excluding hydrogens is 479 g/mol. The zero-order chi connectivity index (χ0) is 23.5. The van der Waals surface area contributed by atoms with Gasteiger partial charge >= 0.3 is 12.1 Å². The topological polar surface area (TPSA) is 59.4 Å². The molecule has 2 aromatic heterocycles. The zero-order valence-electron chi connectivity index (χ0n) is 17.9. The summed E-state index contributed by atoms with van der Waals surface area (Å²) in [6, 6.07) is 3.95. The van der Waals surface area contributed by atoms with Crippen molar-refractivity contribution >= 4 is 50.5 Å². The summed E-state index contributed by atoms with van der Waals surface area (Å²) < 4.78 is 46.1. The number of hydrogen-bond donors (Lipinski definition) is 1. The van der Waals surface area contributed by atoms with Crippen LogP contribution in [-0.2, 0) is 22.1 Å². The maximum atomic E-state index is 13.1. The fourth-order valence-electron chi connectivity index (χ4n) is 3.53. The van der Waals surface area contributed by atoms with Gasteiger partial charge in [0.1, 0.15) is 4.34 Å². The van der Waals surface area contributed by atoms with E-state index in [0.29, 0.717) is 11.3 Å². The summed E-state index contributed by atoms with van der Waals surface area (Å²) in [6.07, 6.45) is -2.79. The second-order valence-electron chi connectivity index (χ2n) is 7.47. The molecule has 3 aromatic rings. The van der Waals surface area contributed by atoms with Crippen molar-refractivity contribution in [2.45, 2.75) is 49.5 Å². The second-order valence-corrected chi connectivity index (χ2v) is 11.0. The Morgan fingerprint density at radius 2 is 2.00 bits per heavy atom. The molecule has 3 rings (SSSR count). The maximum absolute atomic E-state index is 13.1. The normalized spacial score (nSPS) is 13.1. The molecular formula is C22H24F3NO3S3. The minimum atomic E-state index is -4.36. The lowest BCUT2D eigenvalue weighted by molar-refractivity contribution is -0.138. The molecule has 10 heteroatoms. The van der Waals surface area contributed by atoms with Crippen molar-refractivity contribution < 1.29 is 27.8 Å². The first kappa shape index (κ1) is 25.0. The standard InChI is InChI=1S/C22H24F3NO3S3/c1-12-16-5-4-15(22(23,24)25)10-18(16)31-20(12)14(6-8-29-3)7-9-30-21-26-13(2)17(32-21)11-19(27)28/h4-5,10,14H,6-9,11H2,1-3H3,(H,27,28). The Balaban J connectivity index is 1.77. The Morgan fingerprint density at radius 1 is 1.25 bits per heavy atom. The Morgan fingerprint density at radius 3 is 2.66 bits per heavy atom. The Kier molecular flexibility index (Phi) is 8.24. The van der Waals surface area contributed by atoms with Crippen molar-refractivity contribution in [2.24, 2.45) is 0 Å². The van der Waals surface area contributed by atoms with Crippen LogP contribution in [0.2, 0.25) is 0 Å². The highest BCUT2D eigenvalue weighted by Crippen LogP contribution is 2.42. The summed E-state index contributed by atoms with van der Waals surface area (Å²) in [5, 5.41) is 9.87. The SMILES string of the molecule is COCCC(CCSc1nc(C)c(CC(=O)O)s1)c1sc2cc(C(F)(F)F)ccc2c1C. The number of nitrogens with zero attached hydrogens (tertiary/aromatic N) is 1. The van der Waals surface area contributed by atoms with Gasteiger partial charge in [0.05, 0.1) is 17.7 Å². The number of alkyl halides is 3. The molecule has 1 N–H and O–H groups in total. The van der Waals surface area contributed by atoms with Crippen LogP contribution in [0.15, 0.2) is 22.5 Å². The number of aromatic nitrogens is 1. The molecule has 0 bridgehead atoms. The molecule has 0 radical (unpaired) electrons. The summed E-state index contributed by atoms with van der Waals surface area (Å²) in [5.74, 6) is 0.0607. The summed E-state index contributed by atoms with van der Waals surface area (Å²) >= 11 is 4.42. The van der Waals surface area contributed by atoms with Crippen LogP contribution in [0.1, 0.15) is 45.3 Å². The van der Waals surface area contributed by atoms with Gasteiger partial charge in [0.2, 0.25) is 0 Å². The number of carbonyl (C=O) groups is 1. The van der Waals surface area contributed by atoms with E-state index in [9.17, 15) is 18.0 Å². The smallest absolute Gasteiger partial charge is 0.416 e. The van der Waals surface area contributed by atoms with E-state index in [4.69, 9.17) is 9.84 Å². The molecule has 0 saturated carbocycles. The molecule has 1 atom stereocenters. The molecule has 1 unspecified atom stereocenters. The number of halogens is 3. The highest BCUT2D eigenvalue weighted by atomic mass is 32.2. The summed E-state index contributed by atoms with van der Waals surface area (Å²) in [7, 11) is 1.64. The highest BCUT2D eigenvalue weighted by molar-refractivity contribution is 8.01. The lowest BCUT2D eigenvalue weighted by Crippen LogP contribution is -2.04. The number of carboxylic acids is 1. The van der Waals surface area contributed by atoms with Crippen molar-refractivity contribution in [3.8, 4) is 0 Å². The van der Waals surface area contributed by atoms with E-state index in [-0.39, 0.29) is 12.3 Å². The third kappa shape index (κ3) is 6.03. The molecule has 174 valence electrons. The van der Waals surface area contributed by atoms with Crippen LogP contribution in [0.4, 0.5) is 13.2 Å². The van der Waals surface area contributed by atoms with Gasteiger partial charge in [-0.2, -0.15) is 13.2 Å². The van der Waals surface area contributed by atoms with Gasteiger partial charge < -0.3 is 9.84 Å². The number of aryl methyl sites for hydroxylation is 2. The number of hydrogen-bond acceptors (Lipinski definition) is 6. The summed E-state index contributed by atoms with van der Waals surface area (Å²) in [4.78, 5) is 17.3. The molecule has 2 heterocycles. The van der Waals surface area contributed by atoms with Crippen LogP contribution in [-0.4, -0.2) is 35.5 Å². The van der Waals surface area contributed by atoms with Gasteiger partial charge in [0, 0.05) is 33.9 Å². The Bertz CT molecular complexity index is 1090. The first-order valence-electron chi connectivity index (χ1n) is 10.00. The van der Waals surface area contributed by atoms with Crippen LogP contribution in [0.25, 0.3) is 10.1 Å². The minimum absolute atomic E-state index is 0.0264. The predicted molar refractivity (Wildman–Crippen MR) is 124 cm³/mol. The first-order valence-corrected chi connectivity index (χ1v) is 12.6. The van der Waals surface area contributed by atoms with E-state index >= 15 is 0 Å². The maximum Gasteiger partial charge on any atom is 0.416 e. The second kappa shape index (κ2) is 10.5. The van der Waals surface area contributed by atoms with Crippen molar-refractivity contribution in [3.05, 3.63) is 44.8 Å². The van der Waals surface area contributed by atoms with Crippen molar-refractivity contribution in [3.63, 3.8) is 0 Å². The van der Waals surface area contributed by atoms with Gasteiger partial charge in [0.15, 0.2) is 0 Å². The van der Waals surface area contributed by atoms with Crippen LogP contribution < -0.4 is 0 Å². The number of carboxylic acid groups (broad SMARTS) is 1. The average Bonchev–Trinajstić information content (AvgIpc) is 3.22. The molecule has 0 aliphatic carbocycles. The first-order chi connectivity index (χ1) is 15.1. The van der Waals surface area contributed by atoms with Crippen molar-refractivity contribution in [1.82, 2.24) is 4.98 Å². The number of thiophene rings is 1. The lowest BCUT2D eigenvalue weighted by Gasteiger charge is -2.16. The molecule has 0 aliphatic heterocycles. The molecule has 1 aromatic carbocycles. The predicted octanol–water partition coefficient (Wildman–Crippen LogP) is 6.92. The fourth-order valence-corrected chi connectivity index (χ4v) is 7.30. The van der Waals surface area contributed by atoms with Gasteiger partial charge in [-0.25, -0.2) is 4.98 Å². The third-order valence-corrected chi connectivity index (χ3v) is 8.97. The number of aliphatic carboxylic acids is 1. The van der Waals surface area contributed by atoms with Crippen LogP contribution in [0, 0.1) is 13.8 Å². The quantitative estimate of drug-likeness (QED) is 0.304. The number of fused-ring (bicyclic) bond motifs is 1. The van der Waals surface area contributed by atoms with E-state index < -0.39 is 17.7 Å². The van der Waals surface area contributed by atoms with Gasteiger partial charge in [-0.3, -0.25) is 4.79 Å². The molecule has 0 fully saturated rings. The lowest BCUT2D eigenvalue weighted by atomic mass is 9.96. The number of thioether (sulfide) groups is 1. The number of rotatable bonds is 10. The minimum Gasteiger partial charge on any atom is -0.481 e. The van der Waals surface area contributed by atoms with Crippen LogP contribution in [0.5, 0.6) is 0 Å². The monoisotopic (exact) mass is 503 g/mol. The Labute approximate surface area is 196 Å². The molecule has 0 spiro atoms. The number of methoxy groups -OCH3 is 1. The number of benzene rings is 1.